The van der Waals surface area contributed by atoms with Crippen LogP contribution in [0.25, 0.3) is 0 Å². The Kier molecular flexibility index (Phi) is 2.79. The molecule has 0 fully saturated rings. The highest BCUT2D eigenvalue weighted by Gasteiger charge is 2.27. The van der Waals surface area contributed by atoms with E-state index in [0.717, 1.165) is 0 Å². The molecule has 1 aliphatic rings. The average Bonchev–Trinajstić information content (AvgIpc) is 2.27. The Balaban J connectivity index is 2.41. The van der Waals surface area contributed by atoms with Crippen LogP contribution in [-0.4, -0.2) is 27.6 Å². The van der Waals surface area contributed by atoms with Crippen LogP contribution < -0.4 is 14.8 Å². The Morgan fingerprint density at radius 2 is 2.12 bits per heavy atom. The molecule has 0 spiro atoms. The van der Waals surface area contributed by atoms with Gasteiger partial charge in [0.15, 0.2) is 0 Å². The van der Waals surface area contributed by atoms with E-state index in [9.17, 15) is 8.42 Å². The third-order valence-corrected chi connectivity index (χ3v) is 4.03. The molecule has 0 unspecified atom stereocenters. The Morgan fingerprint density at radius 1 is 1.41 bits per heavy atom. The van der Waals surface area contributed by atoms with Crippen LogP contribution >= 0.6 is 0 Å². The van der Waals surface area contributed by atoms with Gasteiger partial charge in [-0.2, -0.15) is 0 Å². The van der Waals surface area contributed by atoms with E-state index >= 15 is 0 Å². The van der Waals surface area contributed by atoms with E-state index in [2.05, 4.69) is 10.0 Å². The predicted octanol–water partition coefficient (Wildman–Crippen LogP) is 1.18. The third kappa shape index (κ3) is 2.37. The van der Waals surface area contributed by atoms with Crippen molar-refractivity contribution in [1.29, 1.82) is 0 Å². The molecule has 0 radical (unpaired) electrons. The second kappa shape index (κ2) is 3.89. The van der Waals surface area contributed by atoms with E-state index in [0.29, 0.717) is 18.0 Å². The van der Waals surface area contributed by atoms with Crippen molar-refractivity contribution < 1.29 is 13.2 Å². The lowest BCUT2D eigenvalue weighted by Crippen LogP contribution is -2.40. The highest BCUT2D eigenvalue weighted by molar-refractivity contribution is 7.89. The van der Waals surface area contributed by atoms with E-state index in [-0.39, 0.29) is 10.5 Å². The summed E-state index contributed by atoms with van der Waals surface area (Å²) >= 11 is 0. The zero-order valence-corrected chi connectivity index (χ0v) is 10.9. The van der Waals surface area contributed by atoms with Gasteiger partial charge >= 0.3 is 0 Å². The van der Waals surface area contributed by atoms with Gasteiger partial charge in [-0.15, -0.1) is 0 Å². The Bertz CT molecular complexity index is 538. The van der Waals surface area contributed by atoms with Gasteiger partial charge in [0.05, 0.1) is 17.1 Å². The molecule has 0 atom stereocenters. The SMILES string of the molecule is CNS(=O)(=O)c1ccc2c(c1)NCC(C)(C)O2. The third-order valence-electron chi connectivity index (χ3n) is 2.62. The lowest BCUT2D eigenvalue weighted by atomic mass is 10.1. The summed E-state index contributed by atoms with van der Waals surface area (Å²) in [7, 11) is -2.02. The molecule has 1 aromatic rings. The van der Waals surface area contributed by atoms with Crippen LogP contribution in [0.1, 0.15) is 13.8 Å². The molecule has 5 nitrogen and oxygen atoms in total. The van der Waals surface area contributed by atoms with E-state index in [1.165, 1.54) is 13.1 Å². The molecule has 1 heterocycles. The minimum atomic E-state index is -3.41. The quantitative estimate of drug-likeness (QED) is 0.833. The van der Waals surface area contributed by atoms with Crippen molar-refractivity contribution in [3.63, 3.8) is 0 Å². The van der Waals surface area contributed by atoms with Crippen LogP contribution in [0.15, 0.2) is 23.1 Å². The van der Waals surface area contributed by atoms with Gasteiger partial charge in [0.1, 0.15) is 11.4 Å². The summed E-state index contributed by atoms with van der Waals surface area (Å²) < 4.78 is 31.3. The number of hydrogen-bond donors (Lipinski definition) is 2. The van der Waals surface area contributed by atoms with Crippen molar-refractivity contribution >= 4 is 15.7 Å². The Morgan fingerprint density at radius 3 is 2.76 bits per heavy atom. The molecule has 1 aromatic carbocycles. The maximum absolute atomic E-state index is 11.6. The molecule has 94 valence electrons. The van der Waals surface area contributed by atoms with Gasteiger partial charge in [0.25, 0.3) is 0 Å². The molecule has 0 saturated carbocycles. The summed E-state index contributed by atoms with van der Waals surface area (Å²) in [6.07, 6.45) is 0. The second-order valence-electron chi connectivity index (χ2n) is 4.58. The van der Waals surface area contributed by atoms with Gasteiger partial charge in [0, 0.05) is 0 Å². The fourth-order valence-corrected chi connectivity index (χ4v) is 2.42. The molecule has 2 N–H and O–H groups in total. The molecular weight excluding hydrogens is 240 g/mol. The van der Waals surface area contributed by atoms with Crippen molar-refractivity contribution in [1.82, 2.24) is 4.72 Å². The van der Waals surface area contributed by atoms with Gasteiger partial charge in [0.2, 0.25) is 10.0 Å². The average molecular weight is 256 g/mol. The minimum Gasteiger partial charge on any atom is -0.484 e. The van der Waals surface area contributed by atoms with Crippen molar-refractivity contribution in [3.8, 4) is 5.75 Å². The summed E-state index contributed by atoms with van der Waals surface area (Å²) in [5.41, 5.74) is 0.428. The van der Waals surface area contributed by atoms with Gasteiger partial charge in [-0.3, -0.25) is 0 Å². The molecule has 1 aliphatic heterocycles. The number of sulfonamides is 1. The summed E-state index contributed by atoms with van der Waals surface area (Å²) in [5, 5.41) is 3.17. The molecule has 0 saturated heterocycles. The molecule has 0 aliphatic carbocycles. The molecule has 0 bridgehead atoms. The topological polar surface area (TPSA) is 67.4 Å². The fraction of sp³-hybridized carbons (Fsp3) is 0.455. The monoisotopic (exact) mass is 256 g/mol. The van der Waals surface area contributed by atoms with Gasteiger partial charge < -0.3 is 10.1 Å². The Labute approximate surface area is 101 Å². The number of fused-ring (bicyclic) bond motifs is 1. The number of benzene rings is 1. The fourth-order valence-electron chi connectivity index (χ4n) is 1.66. The van der Waals surface area contributed by atoms with Crippen molar-refractivity contribution in [2.45, 2.75) is 24.3 Å². The number of nitrogens with one attached hydrogen (secondary N) is 2. The molecular formula is C11H16N2O3S. The standard InChI is InChI=1S/C11H16N2O3S/c1-11(2)7-13-9-6-8(17(14,15)12-3)4-5-10(9)16-11/h4-6,12-13H,7H2,1-3H3. The largest absolute Gasteiger partial charge is 0.484 e. The van der Waals surface area contributed by atoms with Gasteiger partial charge in [-0.05, 0) is 39.1 Å². The highest BCUT2D eigenvalue weighted by Crippen LogP contribution is 2.34. The van der Waals surface area contributed by atoms with E-state index in [4.69, 9.17) is 4.74 Å². The number of hydrogen-bond acceptors (Lipinski definition) is 4. The maximum atomic E-state index is 11.6. The zero-order valence-electron chi connectivity index (χ0n) is 10.1. The molecule has 0 aromatic heterocycles. The second-order valence-corrected chi connectivity index (χ2v) is 6.47. The summed E-state index contributed by atoms with van der Waals surface area (Å²) in [5.74, 6) is 0.677. The van der Waals surface area contributed by atoms with Gasteiger partial charge in [-0.1, -0.05) is 0 Å². The summed E-state index contributed by atoms with van der Waals surface area (Å²) in [4.78, 5) is 0.231. The molecule has 6 heteroatoms. The predicted molar refractivity (Wildman–Crippen MR) is 65.9 cm³/mol. The number of rotatable bonds is 2. The molecule has 0 amide bonds. The molecule has 17 heavy (non-hydrogen) atoms. The molecule has 2 rings (SSSR count). The van der Waals surface area contributed by atoms with Crippen molar-refractivity contribution in [2.75, 3.05) is 18.9 Å². The first-order chi connectivity index (χ1) is 7.84. The maximum Gasteiger partial charge on any atom is 0.240 e. The van der Waals surface area contributed by atoms with Crippen LogP contribution in [0, 0.1) is 0 Å². The first kappa shape index (κ1) is 12.2. The lowest BCUT2D eigenvalue weighted by molar-refractivity contribution is 0.116. The van der Waals surface area contributed by atoms with Crippen LogP contribution in [0.4, 0.5) is 5.69 Å². The van der Waals surface area contributed by atoms with Crippen LogP contribution in [0.2, 0.25) is 0 Å². The van der Waals surface area contributed by atoms with Crippen LogP contribution in [-0.2, 0) is 10.0 Å². The first-order valence-corrected chi connectivity index (χ1v) is 6.83. The number of ether oxygens (including phenoxy) is 1. The summed E-state index contributed by atoms with van der Waals surface area (Å²) in [6, 6.07) is 4.79. The van der Waals surface area contributed by atoms with E-state index in [1.807, 2.05) is 13.8 Å². The number of anilines is 1. The van der Waals surface area contributed by atoms with Crippen molar-refractivity contribution in [2.24, 2.45) is 0 Å². The van der Waals surface area contributed by atoms with Gasteiger partial charge in [-0.25, -0.2) is 13.1 Å². The Hall–Kier alpha value is -1.27. The summed E-state index contributed by atoms with van der Waals surface area (Å²) in [6.45, 7) is 4.59. The van der Waals surface area contributed by atoms with E-state index < -0.39 is 10.0 Å². The smallest absolute Gasteiger partial charge is 0.240 e. The van der Waals surface area contributed by atoms with Crippen LogP contribution in [0.3, 0.4) is 0 Å². The van der Waals surface area contributed by atoms with Crippen molar-refractivity contribution in [3.05, 3.63) is 18.2 Å². The lowest BCUT2D eigenvalue weighted by Gasteiger charge is -2.33. The first-order valence-electron chi connectivity index (χ1n) is 5.34. The normalized spacial score (nSPS) is 17.8. The zero-order chi connectivity index (χ0) is 12.7. The van der Waals surface area contributed by atoms with Crippen LogP contribution in [0.5, 0.6) is 5.75 Å². The minimum absolute atomic E-state index is 0.231. The highest BCUT2D eigenvalue weighted by atomic mass is 32.2. The van der Waals surface area contributed by atoms with E-state index in [1.54, 1.807) is 12.1 Å².